The molecule has 0 spiro atoms. The predicted octanol–water partition coefficient (Wildman–Crippen LogP) is 2.85. The van der Waals surface area contributed by atoms with Gasteiger partial charge in [0.1, 0.15) is 13.2 Å². The van der Waals surface area contributed by atoms with Gasteiger partial charge in [-0.3, -0.25) is 0 Å². The van der Waals surface area contributed by atoms with E-state index in [4.69, 9.17) is 14.7 Å². The quantitative estimate of drug-likeness (QED) is 0.755. The van der Waals surface area contributed by atoms with Crippen molar-refractivity contribution in [3.8, 4) is 17.6 Å². The molecule has 0 aliphatic carbocycles. The Bertz CT molecular complexity index is 414. The maximum absolute atomic E-state index is 8.90. The molecule has 0 saturated heterocycles. The van der Waals surface area contributed by atoms with E-state index in [1.165, 1.54) is 0 Å². The van der Waals surface area contributed by atoms with Gasteiger partial charge in [-0.05, 0) is 24.6 Å². The Morgan fingerprint density at radius 1 is 1.38 bits per heavy atom. The van der Waals surface area contributed by atoms with Gasteiger partial charge in [0, 0.05) is 4.90 Å². The molecule has 2 rings (SSSR count). The predicted molar refractivity (Wildman–Crippen MR) is 63.0 cm³/mol. The molecule has 1 atom stereocenters. The van der Waals surface area contributed by atoms with Crippen LogP contribution in [-0.2, 0) is 0 Å². The minimum absolute atomic E-state index is 0.00237. The Balaban J connectivity index is 2.14. The molecular formula is C12H13NO2S. The number of fused-ring (bicyclic) bond motifs is 1. The number of benzene rings is 1. The van der Waals surface area contributed by atoms with Crippen LogP contribution >= 0.6 is 11.8 Å². The van der Waals surface area contributed by atoms with Gasteiger partial charge in [0.25, 0.3) is 0 Å². The molecule has 3 nitrogen and oxygen atoms in total. The van der Waals surface area contributed by atoms with Gasteiger partial charge >= 0.3 is 0 Å². The highest BCUT2D eigenvalue weighted by atomic mass is 32.2. The summed E-state index contributed by atoms with van der Waals surface area (Å²) in [5, 5.41) is 8.90. The molecule has 16 heavy (non-hydrogen) atoms. The highest BCUT2D eigenvalue weighted by Gasteiger charge is 2.13. The number of ether oxygens (including phenoxy) is 2. The lowest BCUT2D eigenvalue weighted by atomic mass is 10.3. The summed E-state index contributed by atoms with van der Waals surface area (Å²) in [6.07, 6.45) is 0.843. The van der Waals surface area contributed by atoms with E-state index in [0.29, 0.717) is 13.2 Å². The van der Waals surface area contributed by atoms with E-state index in [0.717, 1.165) is 22.8 Å². The van der Waals surface area contributed by atoms with E-state index in [1.807, 2.05) is 25.1 Å². The van der Waals surface area contributed by atoms with Crippen molar-refractivity contribution < 1.29 is 9.47 Å². The second kappa shape index (κ2) is 5.13. The number of rotatable bonds is 3. The van der Waals surface area contributed by atoms with Crippen molar-refractivity contribution in [2.24, 2.45) is 0 Å². The maximum Gasteiger partial charge on any atom is 0.162 e. The zero-order chi connectivity index (χ0) is 11.4. The van der Waals surface area contributed by atoms with E-state index in [-0.39, 0.29) is 5.25 Å². The molecular weight excluding hydrogens is 222 g/mol. The lowest BCUT2D eigenvalue weighted by molar-refractivity contribution is 0.171. The third kappa shape index (κ3) is 2.42. The first-order chi connectivity index (χ1) is 7.83. The molecule has 1 aliphatic rings. The van der Waals surface area contributed by atoms with Gasteiger partial charge in [0.15, 0.2) is 11.5 Å². The first-order valence-electron chi connectivity index (χ1n) is 5.29. The minimum atomic E-state index is 0.00237. The maximum atomic E-state index is 8.90. The minimum Gasteiger partial charge on any atom is -0.486 e. The van der Waals surface area contributed by atoms with Crippen LogP contribution in [-0.4, -0.2) is 18.5 Å². The zero-order valence-electron chi connectivity index (χ0n) is 9.10. The van der Waals surface area contributed by atoms with Gasteiger partial charge in [0.05, 0.1) is 11.3 Å². The summed E-state index contributed by atoms with van der Waals surface area (Å²) in [6, 6.07) is 8.09. The van der Waals surface area contributed by atoms with Crippen molar-refractivity contribution in [2.45, 2.75) is 23.5 Å². The van der Waals surface area contributed by atoms with E-state index in [1.54, 1.807) is 11.8 Å². The fourth-order valence-electron chi connectivity index (χ4n) is 1.46. The summed E-state index contributed by atoms with van der Waals surface area (Å²) in [4.78, 5) is 1.05. The van der Waals surface area contributed by atoms with Gasteiger partial charge in [-0.25, -0.2) is 0 Å². The smallest absolute Gasteiger partial charge is 0.162 e. The highest BCUT2D eigenvalue weighted by Crippen LogP contribution is 2.35. The number of hydrogen-bond donors (Lipinski definition) is 0. The molecule has 1 heterocycles. The molecule has 0 bridgehead atoms. The third-order valence-electron chi connectivity index (χ3n) is 2.31. The first kappa shape index (κ1) is 11.2. The van der Waals surface area contributed by atoms with Crippen LogP contribution in [0.2, 0.25) is 0 Å². The molecule has 4 heteroatoms. The lowest BCUT2D eigenvalue weighted by Gasteiger charge is -2.19. The van der Waals surface area contributed by atoms with Crippen LogP contribution in [0.25, 0.3) is 0 Å². The summed E-state index contributed by atoms with van der Waals surface area (Å²) in [6.45, 7) is 3.21. The largest absolute Gasteiger partial charge is 0.486 e. The van der Waals surface area contributed by atoms with Gasteiger partial charge < -0.3 is 9.47 Å². The molecule has 0 N–H and O–H groups in total. The molecule has 84 valence electrons. The lowest BCUT2D eigenvalue weighted by Crippen LogP contribution is -2.15. The SMILES string of the molecule is CCC(C#N)Sc1ccc2c(c1)OCCO2. The summed E-state index contributed by atoms with van der Waals surface area (Å²) >= 11 is 1.56. The van der Waals surface area contributed by atoms with Crippen molar-refractivity contribution in [1.29, 1.82) is 5.26 Å². The second-order valence-electron chi connectivity index (χ2n) is 3.45. The first-order valence-corrected chi connectivity index (χ1v) is 6.17. The van der Waals surface area contributed by atoms with Crippen LogP contribution in [0.15, 0.2) is 23.1 Å². The van der Waals surface area contributed by atoms with Crippen molar-refractivity contribution >= 4 is 11.8 Å². The molecule has 1 aliphatic heterocycles. The molecule has 1 unspecified atom stereocenters. The van der Waals surface area contributed by atoms with Crippen LogP contribution in [0.1, 0.15) is 13.3 Å². The topological polar surface area (TPSA) is 42.2 Å². The third-order valence-corrected chi connectivity index (χ3v) is 3.56. The average molecular weight is 235 g/mol. The van der Waals surface area contributed by atoms with Crippen molar-refractivity contribution in [2.75, 3.05) is 13.2 Å². The van der Waals surface area contributed by atoms with E-state index < -0.39 is 0 Å². The highest BCUT2D eigenvalue weighted by molar-refractivity contribution is 8.00. The van der Waals surface area contributed by atoms with Gasteiger partial charge in [-0.2, -0.15) is 5.26 Å². The summed E-state index contributed by atoms with van der Waals surface area (Å²) in [7, 11) is 0. The molecule has 1 aromatic carbocycles. The Labute approximate surface area is 99.4 Å². The number of thioether (sulfide) groups is 1. The van der Waals surface area contributed by atoms with Crippen LogP contribution in [0.4, 0.5) is 0 Å². The number of nitriles is 1. The molecule has 0 saturated carbocycles. The van der Waals surface area contributed by atoms with Crippen LogP contribution < -0.4 is 9.47 Å². The van der Waals surface area contributed by atoms with Gasteiger partial charge in [-0.1, -0.05) is 6.92 Å². The fourth-order valence-corrected chi connectivity index (χ4v) is 2.33. The van der Waals surface area contributed by atoms with E-state index >= 15 is 0 Å². The molecule has 0 amide bonds. The monoisotopic (exact) mass is 235 g/mol. The Morgan fingerprint density at radius 3 is 2.81 bits per heavy atom. The van der Waals surface area contributed by atoms with Gasteiger partial charge in [-0.15, -0.1) is 11.8 Å². The zero-order valence-corrected chi connectivity index (χ0v) is 9.92. The van der Waals surface area contributed by atoms with Crippen LogP contribution in [0.5, 0.6) is 11.5 Å². The average Bonchev–Trinajstić information content (AvgIpc) is 2.35. The van der Waals surface area contributed by atoms with Crippen molar-refractivity contribution in [1.82, 2.24) is 0 Å². The summed E-state index contributed by atoms with van der Waals surface area (Å²) < 4.78 is 10.9. The number of hydrogen-bond acceptors (Lipinski definition) is 4. The molecule has 0 radical (unpaired) electrons. The summed E-state index contributed by atoms with van der Waals surface area (Å²) in [5.74, 6) is 1.57. The number of nitrogens with zero attached hydrogens (tertiary/aromatic N) is 1. The Hall–Kier alpha value is -1.34. The normalized spacial score (nSPS) is 15.2. The Morgan fingerprint density at radius 2 is 2.12 bits per heavy atom. The molecule has 0 aromatic heterocycles. The standard InChI is InChI=1S/C12H13NO2S/c1-2-9(8-13)16-10-3-4-11-12(7-10)15-6-5-14-11/h3-4,7,9H,2,5-6H2,1H3. The fraction of sp³-hybridized carbons (Fsp3) is 0.417. The van der Waals surface area contributed by atoms with Gasteiger partial charge in [0.2, 0.25) is 0 Å². The van der Waals surface area contributed by atoms with Crippen LogP contribution in [0.3, 0.4) is 0 Å². The van der Waals surface area contributed by atoms with Crippen LogP contribution in [0, 0.1) is 11.3 Å². The second-order valence-corrected chi connectivity index (χ2v) is 4.73. The van der Waals surface area contributed by atoms with Crippen molar-refractivity contribution in [3.63, 3.8) is 0 Å². The summed E-state index contributed by atoms with van der Waals surface area (Å²) in [5.41, 5.74) is 0. The van der Waals surface area contributed by atoms with Crippen molar-refractivity contribution in [3.05, 3.63) is 18.2 Å². The molecule has 0 fully saturated rings. The Kier molecular flexibility index (Phi) is 3.58. The molecule has 1 aromatic rings. The van der Waals surface area contributed by atoms with E-state index in [2.05, 4.69) is 6.07 Å². The van der Waals surface area contributed by atoms with E-state index in [9.17, 15) is 0 Å².